The van der Waals surface area contributed by atoms with E-state index in [1.165, 1.54) is 6.07 Å². The van der Waals surface area contributed by atoms with Gasteiger partial charge in [0, 0.05) is 36.3 Å². The first kappa shape index (κ1) is 18.8. The van der Waals surface area contributed by atoms with Gasteiger partial charge in [0.1, 0.15) is 17.2 Å². The van der Waals surface area contributed by atoms with Gasteiger partial charge in [0.15, 0.2) is 5.58 Å². The van der Waals surface area contributed by atoms with Gasteiger partial charge in [-0.1, -0.05) is 0 Å². The van der Waals surface area contributed by atoms with Crippen LogP contribution < -0.4 is 11.1 Å². The average Bonchev–Trinajstić information content (AvgIpc) is 2.98. The fourth-order valence-electron chi connectivity index (χ4n) is 3.15. The number of hydrogen-bond donors (Lipinski definition) is 2. The molecule has 0 spiro atoms. The molecule has 0 atom stereocenters. The first-order valence-electron chi connectivity index (χ1n) is 8.79. The zero-order valence-corrected chi connectivity index (χ0v) is 15.6. The number of hydrogen-bond acceptors (Lipinski definition) is 5. The van der Waals surface area contributed by atoms with Crippen LogP contribution in [0.5, 0.6) is 0 Å². The number of halogens is 3. The second kappa shape index (κ2) is 6.80. The maximum Gasteiger partial charge on any atom is 0.273 e. The summed E-state index contributed by atoms with van der Waals surface area (Å²) in [7, 11) is 0. The van der Waals surface area contributed by atoms with Gasteiger partial charge in [-0.05, 0) is 43.3 Å². The van der Waals surface area contributed by atoms with Crippen molar-refractivity contribution in [1.29, 1.82) is 0 Å². The molecule has 0 unspecified atom stereocenters. The van der Waals surface area contributed by atoms with Crippen molar-refractivity contribution in [3.63, 3.8) is 0 Å². The molecule has 0 bridgehead atoms. The molecule has 0 aliphatic carbocycles. The molecular weight excluding hydrogens is 381 g/mol. The third-order valence-corrected chi connectivity index (χ3v) is 4.51. The highest BCUT2D eigenvalue weighted by Gasteiger charge is 2.28. The third-order valence-electron chi connectivity index (χ3n) is 4.51. The number of alkyl halides is 2. The van der Waals surface area contributed by atoms with E-state index < -0.39 is 17.3 Å². The number of rotatable bonds is 4. The monoisotopic (exact) mass is 398 g/mol. The van der Waals surface area contributed by atoms with Crippen LogP contribution in [0.2, 0.25) is 0 Å². The van der Waals surface area contributed by atoms with Crippen molar-refractivity contribution < 1.29 is 17.6 Å². The second-order valence-corrected chi connectivity index (χ2v) is 6.77. The number of aromatic nitrogens is 2. The fourth-order valence-corrected chi connectivity index (χ4v) is 3.15. The number of nitrogen functional groups attached to an aromatic ring is 1. The van der Waals surface area contributed by atoms with E-state index in [0.717, 1.165) is 23.4 Å². The molecule has 148 valence electrons. The fraction of sp³-hybridized carbons (Fsp3) is 0.143. The summed E-state index contributed by atoms with van der Waals surface area (Å²) in [6, 6.07) is 8.77. The van der Waals surface area contributed by atoms with Crippen LogP contribution in [0.3, 0.4) is 0 Å². The van der Waals surface area contributed by atoms with E-state index in [0.29, 0.717) is 29.3 Å². The van der Waals surface area contributed by atoms with E-state index in [4.69, 9.17) is 10.2 Å². The normalized spacial score (nSPS) is 11.8. The van der Waals surface area contributed by atoms with Crippen LogP contribution in [0.15, 0.2) is 53.2 Å². The minimum absolute atomic E-state index is 0.0640. The molecule has 3 heterocycles. The maximum atomic E-state index is 13.8. The zero-order valence-electron chi connectivity index (χ0n) is 15.6. The summed E-state index contributed by atoms with van der Waals surface area (Å²) in [6.07, 6.45) is 3.27. The SMILES string of the molecule is Cc1cc(-c2nccc3c(Nc4ccc(F)c(C(C)(F)F)c4)c(N)oc23)ccn1. The van der Waals surface area contributed by atoms with Crippen molar-refractivity contribution in [3.05, 3.63) is 65.9 Å². The maximum absolute atomic E-state index is 13.8. The molecule has 8 heteroatoms. The van der Waals surface area contributed by atoms with Gasteiger partial charge in [-0.3, -0.25) is 9.97 Å². The van der Waals surface area contributed by atoms with E-state index >= 15 is 0 Å². The van der Waals surface area contributed by atoms with Crippen molar-refractivity contribution >= 4 is 28.2 Å². The Hall–Kier alpha value is -3.55. The van der Waals surface area contributed by atoms with Gasteiger partial charge in [0.25, 0.3) is 5.92 Å². The molecule has 0 amide bonds. The van der Waals surface area contributed by atoms with Crippen molar-refractivity contribution in [2.75, 3.05) is 11.1 Å². The average molecular weight is 398 g/mol. The number of pyridine rings is 2. The first-order valence-corrected chi connectivity index (χ1v) is 8.79. The number of nitrogens with zero attached hydrogens (tertiary/aromatic N) is 2. The molecule has 1 aromatic carbocycles. The molecule has 0 radical (unpaired) electrons. The van der Waals surface area contributed by atoms with Crippen LogP contribution >= 0.6 is 0 Å². The van der Waals surface area contributed by atoms with Crippen molar-refractivity contribution in [2.24, 2.45) is 0 Å². The standard InChI is InChI=1S/C21H17F3N4O/c1-11-9-12(5-7-26-11)17-19-14(6-8-27-17)18(20(25)29-19)28-13-3-4-16(22)15(10-13)21(2,23)24/h3-10,28H,25H2,1-2H3. The van der Waals surface area contributed by atoms with Gasteiger partial charge in [-0.2, -0.15) is 0 Å². The van der Waals surface area contributed by atoms with Crippen LogP contribution in [-0.2, 0) is 5.92 Å². The summed E-state index contributed by atoms with van der Waals surface area (Å²) in [5, 5.41) is 3.59. The molecule has 0 aliphatic rings. The molecular formula is C21H17F3N4O. The number of nitrogens with one attached hydrogen (secondary N) is 1. The van der Waals surface area contributed by atoms with Crippen LogP contribution in [0.1, 0.15) is 18.2 Å². The minimum atomic E-state index is -3.32. The molecule has 3 aromatic heterocycles. The van der Waals surface area contributed by atoms with Crippen molar-refractivity contribution in [3.8, 4) is 11.3 Å². The second-order valence-electron chi connectivity index (χ2n) is 6.77. The highest BCUT2D eigenvalue weighted by Crippen LogP contribution is 2.40. The summed E-state index contributed by atoms with van der Waals surface area (Å²) in [4.78, 5) is 8.56. The first-order chi connectivity index (χ1) is 13.7. The van der Waals surface area contributed by atoms with E-state index in [1.807, 2.05) is 13.0 Å². The van der Waals surface area contributed by atoms with Gasteiger partial charge in [0.2, 0.25) is 5.88 Å². The Morgan fingerprint density at radius 3 is 2.55 bits per heavy atom. The van der Waals surface area contributed by atoms with Gasteiger partial charge in [-0.25, -0.2) is 13.2 Å². The number of benzene rings is 1. The third kappa shape index (κ3) is 3.49. The lowest BCUT2D eigenvalue weighted by Gasteiger charge is -2.14. The molecule has 29 heavy (non-hydrogen) atoms. The van der Waals surface area contributed by atoms with Crippen LogP contribution in [0.4, 0.5) is 30.4 Å². The molecule has 4 aromatic rings. The van der Waals surface area contributed by atoms with Gasteiger partial charge in [-0.15, -0.1) is 0 Å². The Labute approximate surface area is 164 Å². The van der Waals surface area contributed by atoms with E-state index in [9.17, 15) is 13.2 Å². The number of nitrogens with two attached hydrogens (primary N) is 1. The highest BCUT2D eigenvalue weighted by atomic mass is 19.3. The van der Waals surface area contributed by atoms with E-state index in [1.54, 1.807) is 24.5 Å². The lowest BCUT2D eigenvalue weighted by molar-refractivity contribution is 0.0138. The van der Waals surface area contributed by atoms with Crippen molar-refractivity contribution in [2.45, 2.75) is 19.8 Å². The van der Waals surface area contributed by atoms with Crippen LogP contribution in [0, 0.1) is 12.7 Å². The zero-order chi connectivity index (χ0) is 20.8. The molecule has 5 nitrogen and oxygen atoms in total. The Kier molecular flexibility index (Phi) is 4.41. The number of aryl methyl sites for hydroxylation is 1. The van der Waals surface area contributed by atoms with Gasteiger partial charge < -0.3 is 15.5 Å². The van der Waals surface area contributed by atoms with Gasteiger partial charge in [0.05, 0.1) is 10.9 Å². The summed E-state index contributed by atoms with van der Waals surface area (Å²) in [5.74, 6) is -4.23. The van der Waals surface area contributed by atoms with Crippen LogP contribution in [0.25, 0.3) is 22.2 Å². The summed E-state index contributed by atoms with van der Waals surface area (Å²) >= 11 is 0. The number of anilines is 3. The molecule has 0 fully saturated rings. The lowest BCUT2D eigenvalue weighted by Crippen LogP contribution is -2.10. The Morgan fingerprint density at radius 2 is 1.83 bits per heavy atom. The van der Waals surface area contributed by atoms with E-state index in [-0.39, 0.29) is 11.6 Å². The predicted octanol–water partition coefficient (Wildman–Crippen LogP) is 5.77. The minimum Gasteiger partial charge on any atom is -0.436 e. The van der Waals surface area contributed by atoms with E-state index in [2.05, 4.69) is 15.3 Å². The summed E-state index contributed by atoms with van der Waals surface area (Å²) < 4.78 is 46.8. The molecule has 0 aliphatic heterocycles. The van der Waals surface area contributed by atoms with Crippen molar-refractivity contribution in [1.82, 2.24) is 9.97 Å². The molecule has 0 saturated heterocycles. The number of furan rings is 1. The van der Waals surface area contributed by atoms with Gasteiger partial charge >= 0.3 is 0 Å². The smallest absolute Gasteiger partial charge is 0.273 e. The summed E-state index contributed by atoms with van der Waals surface area (Å²) in [5.41, 5.74) is 8.63. The molecule has 0 saturated carbocycles. The Morgan fingerprint density at radius 1 is 1.07 bits per heavy atom. The number of fused-ring (bicyclic) bond motifs is 1. The Balaban J connectivity index is 1.80. The predicted molar refractivity (Wildman–Crippen MR) is 106 cm³/mol. The largest absolute Gasteiger partial charge is 0.436 e. The molecule has 3 N–H and O–H groups in total. The highest BCUT2D eigenvalue weighted by molar-refractivity contribution is 6.03. The Bertz CT molecular complexity index is 1210. The summed E-state index contributed by atoms with van der Waals surface area (Å²) in [6.45, 7) is 2.51. The lowest BCUT2D eigenvalue weighted by atomic mass is 10.1. The quantitative estimate of drug-likeness (QED) is 0.456. The topological polar surface area (TPSA) is 77.0 Å². The molecule has 4 rings (SSSR count). The van der Waals surface area contributed by atoms with Crippen LogP contribution in [-0.4, -0.2) is 9.97 Å².